The van der Waals surface area contributed by atoms with Gasteiger partial charge in [0.05, 0.1) is 24.9 Å². The standard InChI is InChI=1S/C26H31F2NO5/c1-3-32-20-16-22(18-7-5-4-6-8-18)34-26(17-20)11-13-29(14-12-26)24(30)19-9-10-21(33-25(27)28)23(15-19)31-2/h4-10,15,20,22,25H,3,11-14,16-17H2,1-2H3. The van der Waals surface area contributed by atoms with Crippen molar-refractivity contribution in [2.24, 2.45) is 0 Å². The lowest BCUT2D eigenvalue weighted by atomic mass is 9.80. The largest absolute Gasteiger partial charge is 0.493 e. The van der Waals surface area contributed by atoms with E-state index >= 15 is 0 Å². The Morgan fingerprint density at radius 3 is 2.53 bits per heavy atom. The lowest BCUT2D eigenvalue weighted by Crippen LogP contribution is -2.52. The molecule has 1 amide bonds. The highest BCUT2D eigenvalue weighted by atomic mass is 19.3. The average Bonchev–Trinajstić information content (AvgIpc) is 2.84. The zero-order valence-corrected chi connectivity index (χ0v) is 19.5. The molecule has 0 saturated carbocycles. The van der Waals surface area contributed by atoms with Gasteiger partial charge in [-0.3, -0.25) is 4.79 Å². The SMILES string of the molecule is CCOC1CC(c2ccccc2)OC2(CCN(C(=O)c3ccc(OC(F)F)c(OC)c3)CC2)C1. The first-order valence-electron chi connectivity index (χ1n) is 11.7. The summed E-state index contributed by atoms with van der Waals surface area (Å²) in [6, 6.07) is 14.5. The van der Waals surface area contributed by atoms with Crippen LogP contribution in [0, 0.1) is 0 Å². The molecule has 8 heteroatoms. The summed E-state index contributed by atoms with van der Waals surface area (Å²) in [6.07, 6.45) is 3.10. The summed E-state index contributed by atoms with van der Waals surface area (Å²) < 4.78 is 47.5. The van der Waals surface area contributed by atoms with Crippen LogP contribution >= 0.6 is 0 Å². The van der Waals surface area contributed by atoms with Crippen LogP contribution in [0.15, 0.2) is 48.5 Å². The van der Waals surface area contributed by atoms with Gasteiger partial charge in [0.25, 0.3) is 5.91 Å². The van der Waals surface area contributed by atoms with Crippen LogP contribution in [-0.4, -0.2) is 55.9 Å². The predicted molar refractivity (Wildman–Crippen MR) is 122 cm³/mol. The van der Waals surface area contributed by atoms with Crippen LogP contribution in [0.4, 0.5) is 8.78 Å². The summed E-state index contributed by atoms with van der Waals surface area (Å²) in [5.41, 5.74) is 1.17. The fourth-order valence-corrected chi connectivity index (χ4v) is 4.99. The number of rotatable bonds is 7. The Labute approximate surface area is 198 Å². The van der Waals surface area contributed by atoms with E-state index in [4.69, 9.17) is 14.2 Å². The summed E-state index contributed by atoms with van der Waals surface area (Å²) in [6.45, 7) is 0.768. The molecule has 0 bridgehead atoms. The van der Waals surface area contributed by atoms with Crippen molar-refractivity contribution in [3.05, 3.63) is 59.7 Å². The van der Waals surface area contributed by atoms with E-state index in [9.17, 15) is 13.6 Å². The third-order valence-electron chi connectivity index (χ3n) is 6.63. The maximum atomic E-state index is 13.1. The molecule has 6 nitrogen and oxygen atoms in total. The molecule has 0 radical (unpaired) electrons. The van der Waals surface area contributed by atoms with Gasteiger partial charge in [0.2, 0.25) is 0 Å². The van der Waals surface area contributed by atoms with Crippen LogP contribution in [-0.2, 0) is 9.47 Å². The fraction of sp³-hybridized carbons (Fsp3) is 0.500. The number of methoxy groups -OCH3 is 1. The van der Waals surface area contributed by atoms with Crippen molar-refractivity contribution < 1.29 is 32.5 Å². The van der Waals surface area contributed by atoms with Crippen LogP contribution in [0.25, 0.3) is 0 Å². The van der Waals surface area contributed by atoms with Crippen LogP contribution in [0.2, 0.25) is 0 Å². The number of piperidine rings is 1. The van der Waals surface area contributed by atoms with Crippen molar-refractivity contribution in [3.63, 3.8) is 0 Å². The third kappa shape index (κ3) is 5.50. The number of likely N-dealkylation sites (tertiary alicyclic amines) is 1. The van der Waals surface area contributed by atoms with E-state index in [0.29, 0.717) is 38.1 Å². The molecule has 34 heavy (non-hydrogen) atoms. The second-order valence-corrected chi connectivity index (χ2v) is 8.75. The monoisotopic (exact) mass is 475 g/mol. The Balaban J connectivity index is 1.45. The molecule has 0 N–H and O–H groups in total. The zero-order chi connectivity index (χ0) is 24.1. The lowest BCUT2D eigenvalue weighted by Gasteiger charge is -2.48. The fourth-order valence-electron chi connectivity index (χ4n) is 4.99. The van der Waals surface area contributed by atoms with E-state index < -0.39 is 6.61 Å². The van der Waals surface area contributed by atoms with Crippen LogP contribution in [0.1, 0.15) is 54.6 Å². The molecule has 2 aliphatic rings. The highest BCUT2D eigenvalue weighted by Crippen LogP contribution is 2.44. The molecule has 0 aliphatic carbocycles. The van der Waals surface area contributed by atoms with Gasteiger partial charge in [-0.25, -0.2) is 0 Å². The Morgan fingerprint density at radius 1 is 1.15 bits per heavy atom. The Kier molecular flexibility index (Phi) is 7.68. The van der Waals surface area contributed by atoms with E-state index in [-0.39, 0.29) is 35.2 Å². The molecule has 2 unspecified atom stereocenters. The van der Waals surface area contributed by atoms with E-state index in [2.05, 4.69) is 16.9 Å². The molecule has 2 aromatic carbocycles. The first-order chi connectivity index (χ1) is 16.4. The van der Waals surface area contributed by atoms with Crippen LogP contribution < -0.4 is 9.47 Å². The van der Waals surface area contributed by atoms with Gasteiger partial charge in [-0.1, -0.05) is 30.3 Å². The predicted octanol–water partition coefficient (Wildman–Crippen LogP) is 5.23. The van der Waals surface area contributed by atoms with E-state index in [0.717, 1.165) is 18.4 Å². The van der Waals surface area contributed by atoms with Gasteiger partial charge in [-0.05, 0) is 43.5 Å². The molecule has 1 spiro atoms. The number of benzene rings is 2. The second-order valence-electron chi connectivity index (χ2n) is 8.75. The number of amides is 1. The number of alkyl halides is 2. The molecule has 184 valence electrons. The van der Waals surface area contributed by atoms with Crippen molar-refractivity contribution in [1.82, 2.24) is 4.90 Å². The normalized spacial score (nSPS) is 22.1. The van der Waals surface area contributed by atoms with Crippen molar-refractivity contribution in [2.75, 3.05) is 26.8 Å². The van der Waals surface area contributed by atoms with Crippen molar-refractivity contribution in [2.45, 2.75) is 57.0 Å². The molecular formula is C26H31F2NO5. The summed E-state index contributed by atoms with van der Waals surface area (Å²) in [7, 11) is 1.35. The van der Waals surface area contributed by atoms with Crippen molar-refractivity contribution >= 4 is 5.91 Å². The molecule has 4 rings (SSSR count). The van der Waals surface area contributed by atoms with Crippen LogP contribution in [0.3, 0.4) is 0 Å². The number of hydrogen-bond donors (Lipinski definition) is 0. The minimum atomic E-state index is -2.97. The first-order valence-corrected chi connectivity index (χ1v) is 11.7. The lowest BCUT2D eigenvalue weighted by molar-refractivity contribution is -0.190. The summed E-state index contributed by atoms with van der Waals surface area (Å²) in [4.78, 5) is 14.9. The highest BCUT2D eigenvalue weighted by molar-refractivity contribution is 5.95. The zero-order valence-electron chi connectivity index (χ0n) is 19.5. The van der Waals surface area contributed by atoms with Gasteiger partial charge in [0.1, 0.15) is 0 Å². The van der Waals surface area contributed by atoms with Crippen molar-refractivity contribution in [3.8, 4) is 11.5 Å². The van der Waals surface area contributed by atoms with Gasteiger partial charge in [0, 0.05) is 38.1 Å². The molecule has 0 aromatic heterocycles. The number of halogens is 2. The smallest absolute Gasteiger partial charge is 0.387 e. The van der Waals surface area contributed by atoms with E-state index in [1.165, 1.54) is 25.3 Å². The molecule has 2 fully saturated rings. The summed E-state index contributed by atoms with van der Waals surface area (Å²) >= 11 is 0. The van der Waals surface area contributed by atoms with Crippen LogP contribution in [0.5, 0.6) is 11.5 Å². The maximum Gasteiger partial charge on any atom is 0.387 e. The molecule has 2 heterocycles. The molecule has 2 aliphatic heterocycles. The topological polar surface area (TPSA) is 57.2 Å². The Hall–Kier alpha value is -2.71. The van der Waals surface area contributed by atoms with Gasteiger partial charge >= 0.3 is 6.61 Å². The maximum absolute atomic E-state index is 13.1. The number of carbonyl (C=O) groups is 1. The minimum absolute atomic E-state index is 0.0413. The van der Waals surface area contributed by atoms with Crippen molar-refractivity contribution in [1.29, 1.82) is 0 Å². The van der Waals surface area contributed by atoms with E-state index in [1.807, 2.05) is 25.1 Å². The molecule has 2 atom stereocenters. The Morgan fingerprint density at radius 2 is 1.88 bits per heavy atom. The average molecular weight is 476 g/mol. The quantitative estimate of drug-likeness (QED) is 0.549. The molecular weight excluding hydrogens is 444 g/mol. The van der Waals surface area contributed by atoms with E-state index in [1.54, 1.807) is 4.90 Å². The van der Waals surface area contributed by atoms with Gasteiger partial charge in [-0.2, -0.15) is 8.78 Å². The second kappa shape index (κ2) is 10.7. The number of carbonyl (C=O) groups excluding carboxylic acids is 1. The number of hydrogen-bond acceptors (Lipinski definition) is 5. The molecule has 2 aromatic rings. The Bertz CT molecular complexity index is 963. The minimum Gasteiger partial charge on any atom is -0.493 e. The highest BCUT2D eigenvalue weighted by Gasteiger charge is 2.45. The third-order valence-corrected chi connectivity index (χ3v) is 6.63. The van der Waals surface area contributed by atoms with Gasteiger partial charge in [0.15, 0.2) is 11.5 Å². The summed E-state index contributed by atoms with van der Waals surface area (Å²) in [5, 5.41) is 0. The molecule has 2 saturated heterocycles. The summed E-state index contributed by atoms with van der Waals surface area (Å²) in [5.74, 6) is -0.176. The first kappa shape index (κ1) is 24.4. The van der Waals surface area contributed by atoms with Gasteiger partial charge < -0.3 is 23.8 Å². The number of ether oxygens (including phenoxy) is 4. The number of nitrogens with zero attached hydrogens (tertiary/aromatic N) is 1. The van der Waals surface area contributed by atoms with Gasteiger partial charge in [-0.15, -0.1) is 0 Å².